The Hall–Kier alpha value is -2.53. The van der Waals surface area contributed by atoms with Crippen molar-refractivity contribution in [2.75, 3.05) is 40.4 Å². The first-order chi connectivity index (χ1) is 12.6. The average molecular weight is 355 g/mol. The Bertz CT molecular complexity index is 728. The molecule has 2 aromatic rings. The number of hydrogen-bond acceptors (Lipinski definition) is 3. The lowest BCUT2D eigenvalue weighted by Crippen LogP contribution is -3.13. The molecule has 0 unspecified atom stereocenters. The molecule has 0 radical (unpaired) electrons. The molecule has 0 atom stereocenters. The van der Waals surface area contributed by atoms with E-state index in [0.29, 0.717) is 17.1 Å². The van der Waals surface area contributed by atoms with Gasteiger partial charge in [-0.15, -0.1) is 0 Å². The SMILES string of the molecule is COc1cc(OC)cc(C(=O)N2CC[NH+](Cc3ccc(C)cc3)CC2)c1. The van der Waals surface area contributed by atoms with Gasteiger partial charge in [-0.05, 0) is 19.1 Å². The van der Waals surface area contributed by atoms with Crippen molar-refractivity contribution in [3.05, 3.63) is 59.2 Å². The number of hydrogen-bond donors (Lipinski definition) is 1. The summed E-state index contributed by atoms with van der Waals surface area (Å²) in [5.74, 6) is 1.31. The highest BCUT2D eigenvalue weighted by Crippen LogP contribution is 2.23. The number of aryl methyl sites for hydroxylation is 1. The van der Waals surface area contributed by atoms with E-state index in [1.165, 1.54) is 16.0 Å². The van der Waals surface area contributed by atoms with E-state index in [-0.39, 0.29) is 5.91 Å². The van der Waals surface area contributed by atoms with Gasteiger partial charge in [0.2, 0.25) is 0 Å². The number of quaternary nitrogens is 1. The molecule has 1 N–H and O–H groups in total. The Morgan fingerprint density at radius 3 is 2.12 bits per heavy atom. The molecule has 138 valence electrons. The van der Waals surface area contributed by atoms with Crippen LogP contribution < -0.4 is 14.4 Å². The van der Waals surface area contributed by atoms with Gasteiger partial charge in [0.1, 0.15) is 18.0 Å². The third-order valence-corrected chi connectivity index (χ3v) is 4.93. The minimum Gasteiger partial charge on any atom is -0.497 e. The fourth-order valence-electron chi connectivity index (χ4n) is 3.31. The second-order valence-electron chi connectivity index (χ2n) is 6.81. The molecule has 1 fully saturated rings. The molecule has 0 spiro atoms. The van der Waals surface area contributed by atoms with Crippen LogP contribution in [0, 0.1) is 6.92 Å². The minimum atomic E-state index is 0.0385. The van der Waals surface area contributed by atoms with Gasteiger partial charge >= 0.3 is 0 Å². The van der Waals surface area contributed by atoms with Crippen molar-refractivity contribution in [1.82, 2.24) is 4.90 Å². The van der Waals surface area contributed by atoms with Gasteiger partial charge in [0, 0.05) is 17.2 Å². The monoisotopic (exact) mass is 355 g/mol. The first-order valence-corrected chi connectivity index (χ1v) is 9.00. The third-order valence-electron chi connectivity index (χ3n) is 4.93. The number of rotatable bonds is 5. The first kappa shape index (κ1) is 18.3. The van der Waals surface area contributed by atoms with Crippen molar-refractivity contribution in [3.8, 4) is 11.5 Å². The van der Waals surface area contributed by atoms with E-state index in [2.05, 4.69) is 31.2 Å². The molecule has 26 heavy (non-hydrogen) atoms. The first-order valence-electron chi connectivity index (χ1n) is 9.00. The molecule has 5 nitrogen and oxygen atoms in total. The number of nitrogens with zero attached hydrogens (tertiary/aromatic N) is 1. The summed E-state index contributed by atoms with van der Waals surface area (Å²) in [6, 6.07) is 14.0. The van der Waals surface area contributed by atoms with Crippen molar-refractivity contribution in [2.45, 2.75) is 13.5 Å². The molecule has 5 heteroatoms. The lowest BCUT2D eigenvalue weighted by Gasteiger charge is -2.32. The quantitative estimate of drug-likeness (QED) is 0.885. The number of carbonyl (C=O) groups excluding carboxylic acids is 1. The Morgan fingerprint density at radius 2 is 1.58 bits per heavy atom. The molecule has 0 bridgehead atoms. The van der Waals surface area contributed by atoms with E-state index in [1.54, 1.807) is 32.4 Å². The van der Waals surface area contributed by atoms with Crippen molar-refractivity contribution in [3.63, 3.8) is 0 Å². The summed E-state index contributed by atoms with van der Waals surface area (Å²) >= 11 is 0. The molecule has 3 rings (SSSR count). The molecule has 1 saturated heterocycles. The molecular formula is C21H27N2O3+. The zero-order valence-electron chi connectivity index (χ0n) is 15.7. The number of benzene rings is 2. The number of ether oxygens (including phenoxy) is 2. The highest BCUT2D eigenvalue weighted by molar-refractivity contribution is 5.95. The van der Waals surface area contributed by atoms with E-state index >= 15 is 0 Å². The van der Waals surface area contributed by atoms with Crippen LogP contribution >= 0.6 is 0 Å². The summed E-state index contributed by atoms with van der Waals surface area (Å²) in [5, 5.41) is 0. The average Bonchev–Trinajstić information content (AvgIpc) is 2.69. The molecule has 2 aromatic carbocycles. The molecule has 0 aromatic heterocycles. The van der Waals surface area contributed by atoms with Crippen LogP contribution in [0.25, 0.3) is 0 Å². The van der Waals surface area contributed by atoms with Gasteiger partial charge in [0.25, 0.3) is 5.91 Å². The van der Waals surface area contributed by atoms with Crippen LogP contribution in [0.2, 0.25) is 0 Å². The lowest BCUT2D eigenvalue weighted by molar-refractivity contribution is -0.917. The van der Waals surface area contributed by atoms with Crippen molar-refractivity contribution < 1.29 is 19.2 Å². The van der Waals surface area contributed by atoms with Crippen LogP contribution in [0.3, 0.4) is 0 Å². The van der Waals surface area contributed by atoms with Gasteiger partial charge in [-0.2, -0.15) is 0 Å². The van der Waals surface area contributed by atoms with E-state index in [1.807, 2.05) is 4.90 Å². The molecule has 1 aliphatic heterocycles. The van der Waals surface area contributed by atoms with Gasteiger partial charge < -0.3 is 19.3 Å². The number of piperazine rings is 1. The number of amides is 1. The van der Waals surface area contributed by atoms with E-state index in [0.717, 1.165) is 32.7 Å². The maximum Gasteiger partial charge on any atom is 0.254 e. The highest BCUT2D eigenvalue weighted by Gasteiger charge is 2.25. The summed E-state index contributed by atoms with van der Waals surface area (Å²) < 4.78 is 10.5. The minimum absolute atomic E-state index is 0.0385. The fraction of sp³-hybridized carbons (Fsp3) is 0.381. The van der Waals surface area contributed by atoms with Crippen LogP contribution in [-0.4, -0.2) is 51.2 Å². The van der Waals surface area contributed by atoms with Gasteiger partial charge in [-0.1, -0.05) is 29.8 Å². The Labute approximate surface area is 155 Å². The molecule has 1 amide bonds. The number of methoxy groups -OCH3 is 2. The summed E-state index contributed by atoms with van der Waals surface area (Å²) in [6.07, 6.45) is 0. The Balaban J connectivity index is 1.60. The molecular weight excluding hydrogens is 328 g/mol. The van der Waals surface area contributed by atoms with Crippen LogP contribution in [0.5, 0.6) is 11.5 Å². The zero-order valence-corrected chi connectivity index (χ0v) is 15.7. The standard InChI is InChI=1S/C21H26N2O3/c1-16-4-6-17(7-5-16)15-22-8-10-23(11-9-22)21(24)18-12-19(25-2)14-20(13-18)26-3/h4-7,12-14H,8-11,15H2,1-3H3/p+1. The van der Waals surface area contributed by atoms with Gasteiger partial charge in [-0.3, -0.25) is 4.79 Å². The summed E-state index contributed by atoms with van der Waals surface area (Å²) in [7, 11) is 3.19. The molecule has 0 saturated carbocycles. The van der Waals surface area contributed by atoms with E-state index < -0.39 is 0 Å². The van der Waals surface area contributed by atoms with Crippen molar-refractivity contribution >= 4 is 5.91 Å². The highest BCUT2D eigenvalue weighted by atomic mass is 16.5. The topological polar surface area (TPSA) is 43.2 Å². The fourth-order valence-corrected chi connectivity index (χ4v) is 3.31. The lowest BCUT2D eigenvalue weighted by atomic mass is 10.1. The summed E-state index contributed by atoms with van der Waals surface area (Å²) in [5.41, 5.74) is 3.25. The smallest absolute Gasteiger partial charge is 0.254 e. The molecule has 1 aliphatic rings. The van der Waals surface area contributed by atoms with Crippen molar-refractivity contribution in [1.29, 1.82) is 0 Å². The summed E-state index contributed by atoms with van der Waals surface area (Å²) in [4.78, 5) is 16.3. The predicted molar refractivity (Wildman–Crippen MR) is 101 cm³/mol. The second kappa shape index (κ2) is 8.23. The molecule has 0 aliphatic carbocycles. The molecule has 1 heterocycles. The van der Waals surface area contributed by atoms with Crippen LogP contribution in [0.4, 0.5) is 0 Å². The Kier molecular flexibility index (Phi) is 5.78. The summed E-state index contributed by atoms with van der Waals surface area (Å²) in [6.45, 7) is 6.56. The third kappa shape index (κ3) is 4.35. The Morgan fingerprint density at radius 1 is 1.00 bits per heavy atom. The second-order valence-corrected chi connectivity index (χ2v) is 6.81. The van der Waals surface area contributed by atoms with E-state index in [4.69, 9.17) is 9.47 Å². The van der Waals surface area contributed by atoms with E-state index in [9.17, 15) is 4.79 Å². The predicted octanol–water partition coefficient (Wildman–Crippen LogP) is 1.55. The number of nitrogens with one attached hydrogen (secondary N) is 1. The van der Waals surface area contributed by atoms with Crippen LogP contribution in [-0.2, 0) is 6.54 Å². The van der Waals surface area contributed by atoms with Gasteiger partial charge in [0.05, 0.1) is 40.4 Å². The van der Waals surface area contributed by atoms with Crippen LogP contribution in [0.15, 0.2) is 42.5 Å². The zero-order chi connectivity index (χ0) is 18.5. The maximum absolute atomic E-state index is 12.8. The van der Waals surface area contributed by atoms with Gasteiger partial charge in [-0.25, -0.2) is 0 Å². The van der Waals surface area contributed by atoms with Gasteiger partial charge in [0.15, 0.2) is 0 Å². The largest absolute Gasteiger partial charge is 0.497 e. The van der Waals surface area contributed by atoms with Crippen molar-refractivity contribution in [2.24, 2.45) is 0 Å². The normalized spacial score (nSPS) is 15.0. The van der Waals surface area contributed by atoms with Crippen LogP contribution in [0.1, 0.15) is 21.5 Å². The number of carbonyl (C=O) groups is 1. The maximum atomic E-state index is 12.8.